The number of carbonyl (C=O) groups is 1. The van der Waals surface area contributed by atoms with Gasteiger partial charge in [-0.25, -0.2) is 0 Å². The van der Waals surface area contributed by atoms with Crippen LogP contribution in [0, 0.1) is 0 Å². The quantitative estimate of drug-likeness (QED) is 0.805. The summed E-state index contributed by atoms with van der Waals surface area (Å²) in [6.45, 7) is 3.59. The van der Waals surface area contributed by atoms with Crippen LogP contribution < -0.4 is 5.56 Å². The minimum absolute atomic E-state index is 0.0967. The second-order valence-electron chi connectivity index (χ2n) is 7.16. The zero-order valence-electron chi connectivity index (χ0n) is 15.5. The van der Waals surface area contributed by atoms with Crippen molar-refractivity contribution in [1.29, 1.82) is 0 Å². The molecule has 142 valence electrons. The molecule has 0 aromatic carbocycles. The van der Waals surface area contributed by atoms with Crippen molar-refractivity contribution in [2.45, 2.75) is 25.1 Å². The van der Waals surface area contributed by atoms with Crippen LogP contribution in [0.5, 0.6) is 0 Å². The highest BCUT2D eigenvalue weighted by molar-refractivity contribution is 5.92. The molecule has 4 heterocycles. The predicted molar refractivity (Wildman–Crippen MR) is 100 cm³/mol. The second kappa shape index (κ2) is 7.62. The lowest BCUT2D eigenvalue weighted by molar-refractivity contribution is -0.101. The monoisotopic (exact) mass is 368 g/mol. The van der Waals surface area contributed by atoms with Crippen LogP contribution in [0.4, 0.5) is 0 Å². The maximum atomic E-state index is 13.0. The number of piperidine rings is 1. The first-order valence-corrected chi connectivity index (χ1v) is 9.33. The Morgan fingerprint density at radius 1 is 1.26 bits per heavy atom. The van der Waals surface area contributed by atoms with Gasteiger partial charge in [0.25, 0.3) is 11.5 Å². The van der Waals surface area contributed by atoms with Gasteiger partial charge in [0.2, 0.25) is 0 Å². The fourth-order valence-electron chi connectivity index (χ4n) is 3.99. The van der Waals surface area contributed by atoms with Gasteiger partial charge in [-0.3, -0.25) is 19.5 Å². The Bertz CT molecular complexity index is 867. The van der Waals surface area contributed by atoms with Crippen molar-refractivity contribution in [2.75, 3.05) is 26.2 Å². The summed E-state index contributed by atoms with van der Waals surface area (Å²) in [6.07, 6.45) is 4.60. The van der Waals surface area contributed by atoms with Gasteiger partial charge in [-0.05, 0) is 24.1 Å². The van der Waals surface area contributed by atoms with Crippen molar-refractivity contribution in [3.63, 3.8) is 0 Å². The topological polar surface area (TPSA) is 67.7 Å². The molecule has 2 atom stereocenters. The lowest BCUT2D eigenvalue weighted by atomic mass is 9.97. The molecule has 2 aromatic heterocycles. The number of hydrogen-bond donors (Lipinski definition) is 0. The number of ether oxygens (including phenoxy) is 1. The standard InChI is InChI=1S/C20H24N4O3/c1-22-16(5-2-6-19(22)25)20(26)24-9-7-18-17(14-24)23(10-11-27-18)13-15-4-3-8-21-12-15/h2-6,8,12,17-18H,7,9-11,13-14H2,1H3/t17-,18-/m0/s1. The van der Waals surface area contributed by atoms with Gasteiger partial charge in [0, 0.05) is 51.7 Å². The SMILES string of the molecule is Cn1c(C(=O)N2CC[C@@H]3OCCN(Cc4cccnc4)[C@H]3C2)cccc1=O. The molecule has 4 rings (SSSR count). The van der Waals surface area contributed by atoms with Crippen LogP contribution >= 0.6 is 0 Å². The molecule has 7 nitrogen and oxygen atoms in total. The normalized spacial score (nSPS) is 23.1. The van der Waals surface area contributed by atoms with E-state index in [0.29, 0.717) is 25.4 Å². The Morgan fingerprint density at radius 2 is 2.15 bits per heavy atom. The molecule has 2 aliphatic heterocycles. The van der Waals surface area contributed by atoms with Gasteiger partial charge in [-0.1, -0.05) is 12.1 Å². The first-order valence-electron chi connectivity index (χ1n) is 9.33. The fourth-order valence-corrected chi connectivity index (χ4v) is 3.99. The number of aromatic nitrogens is 2. The number of fused-ring (bicyclic) bond motifs is 1. The molecule has 0 radical (unpaired) electrons. The van der Waals surface area contributed by atoms with Crippen molar-refractivity contribution in [1.82, 2.24) is 19.4 Å². The summed E-state index contributed by atoms with van der Waals surface area (Å²) >= 11 is 0. The summed E-state index contributed by atoms with van der Waals surface area (Å²) in [5.74, 6) is -0.0967. The largest absolute Gasteiger partial charge is 0.375 e. The van der Waals surface area contributed by atoms with E-state index in [1.165, 1.54) is 10.6 Å². The first kappa shape index (κ1) is 17.9. The third-order valence-corrected chi connectivity index (χ3v) is 5.50. The van der Waals surface area contributed by atoms with E-state index in [0.717, 1.165) is 25.1 Å². The number of nitrogens with zero attached hydrogens (tertiary/aromatic N) is 4. The zero-order valence-corrected chi connectivity index (χ0v) is 15.5. The molecule has 7 heteroatoms. The van der Waals surface area contributed by atoms with E-state index in [2.05, 4.69) is 16.0 Å². The molecule has 0 unspecified atom stereocenters. The lowest BCUT2D eigenvalue weighted by Crippen LogP contribution is -2.60. The molecule has 2 saturated heterocycles. The number of pyridine rings is 2. The van der Waals surface area contributed by atoms with Gasteiger partial charge in [0.05, 0.1) is 18.8 Å². The van der Waals surface area contributed by atoms with E-state index < -0.39 is 0 Å². The first-order chi connectivity index (χ1) is 13.1. The third-order valence-electron chi connectivity index (χ3n) is 5.50. The van der Waals surface area contributed by atoms with Crippen LogP contribution in [0.3, 0.4) is 0 Å². The Labute approximate surface area is 158 Å². The molecule has 27 heavy (non-hydrogen) atoms. The van der Waals surface area contributed by atoms with Crippen LogP contribution in [0.2, 0.25) is 0 Å². The summed E-state index contributed by atoms with van der Waals surface area (Å²) in [5, 5.41) is 0. The van der Waals surface area contributed by atoms with Crippen molar-refractivity contribution < 1.29 is 9.53 Å². The molecular formula is C20H24N4O3. The molecule has 2 fully saturated rings. The summed E-state index contributed by atoms with van der Waals surface area (Å²) in [6, 6.07) is 8.98. The molecule has 0 spiro atoms. The smallest absolute Gasteiger partial charge is 0.270 e. The van der Waals surface area contributed by atoms with E-state index in [-0.39, 0.29) is 23.6 Å². The highest BCUT2D eigenvalue weighted by Gasteiger charge is 2.38. The third kappa shape index (κ3) is 3.65. The predicted octanol–water partition coefficient (Wildman–Crippen LogP) is 0.896. The number of rotatable bonds is 3. The van der Waals surface area contributed by atoms with Crippen molar-refractivity contribution in [3.05, 3.63) is 64.3 Å². The van der Waals surface area contributed by atoms with E-state index in [4.69, 9.17) is 4.74 Å². The van der Waals surface area contributed by atoms with Crippen molar-refractivity contribution >= 4 is 5.91 Å². The van der Waals surface area contributed by atoms with Gasteiger partial charge in [0.15, 0.2) is 0 Å². The molecule has 0 bridgehead atoms. The molecule has 0 aliphatic carbocycles. The summed E-state index contributed by atoms with van der Waals surface area (Å²) in [5.41, 5.74) is 1.42. The van der Waals surface area contributed by atoms with E-state index >= 15 is 0 Å². The summed E-state index contributed by atoms with van der Waals surface area (Å²) in [7, 11) is 1.64. The van der Waals surface area contributed by atoms with E-state index in [9.17, 15) is 9.59 Å². The van der Waals surface area contributed by atoms with E-state index in [1.54, 1.807) is 25.4 Å². The second-order valence-corrected chi connectivity index (χ2v) is 7.16. The number of morpholine rings is 1. The maximum Gasteiger partial charge on any atom is 0.270 e. The fraction of sp³-hybridized carbons (Fsp3) is 0.450. The Morgan fingerprint density at radius 3 is 2.96 bits per heavy atom. The van der Waals surface area contributed by atoms with Gasteiger partial charge in [-0.15, -0.1) is 0 Å². The van der Waals surface area contributed by atoms with Crippen LogP contribution in [0.25, 0.3) is 0 Å². The van der Waals surface area contributed by atoms with Crippen LogP contribution in [0.1, 0.15) is 22.5 Å². The number of carbonyl (C=O) groups excluding carboxylic acids is 1. The molecule has 0 N–H and O–H groups in total. The van der Waals surface area contributed by atoms with Crippen molar-refractivity contribution in [3.8, 4) is 0 Å². The van der Waals surface area contributed by atoms with Crippen LogP contribution in [0.15, 0.2) is 47.5 Å². The molecule has 2 aliphatic rings. The molecule has 2 aromatic rings. The average Bonchev–Trinajstić information content (AvgIpc) is 2.70. The number of amides is 1. The number of hydrogen-bond acceptors (Lipinski definition) is 5. The Kier molecular flexibility index (Phi) is 5.05. The highest BCUT2D eigenvalue weighted by Crippen LogP contribution is 2.25. The van der Waals surface area contributed by atoms with E-state index in [1.807, 2.05) is 17.2 Å². The van der Waals surface area contributed by atoms with Gasteiger partial charge in [0.1, 0.15) is 5.69 Å². The maximum absolute atomic E-state index is 13.0. The molecular weight excluding hydrogens is 344 g/mol. The van der Waals surface area contributed by atoms with Gasteiger partial charge in [-0.2, -0.15) is 0 Å². The average molecular weight is 368 g/mol. The zero-order chi connectivity index (χ0) is 18.8. The minimum Gasteiger partial charge on any atom is -0.375 e. The molecule has 0 saturated carbocycles. The molecule has 1 amide bonds. The van der Waals surface area contributed by atoms with Gasteiger partial charge < -0.3 is 14.2 Å². The van der Waals surface area contributed by atoms with Crippen molar-refractivity contribution in [2.24, 2.45) is 7.05 Å². The highest BCUT2D eigenvalue weighted by atomic mass is 16.5. The van der Waals surface area contributed by atoms with Gasteiger partial charge >= 0.3 is 0 Å². The number of likely N-dealkylation sites (tertiary alicyclic amines) is 1. The summed E-state index contributed by atoms with van der Waals surface area (Å²) in [4.78, 5) is 33.3. The Hall–Kier alpha value is -2.51. The van der Waals surface area contributed by atoms with Crippen LogP contribution in [-0.2, 0) is 18.3 Å². The Balaban J connectivity index is 1.52. The van der Waals surface area contributed by atoms with Crippen LogP contribution in [-0.4, -0.2) is 63.6 Å². The minimum atomic E-state index is -0.171. The summed E-state index contributed by atoms with van der Waals surface area (Å²) < 4.78 is 7.39. The lowest BCUT2D eigenvalue weighted by Gasteiger charge is -2.47.